The van der Waals surface area contributed by atoms with Gasteiger partial charge in [0.05, 0.1) is 6.54 Å². The molecule has 0 atom stereocenters. The molecule has 3 N–H and O–H groups in total. The van der Waals surface area contributed by atoms with Crippen LogP contribution in [0.5, 0.6) is 0 Å². The van der Waals surface area contributed by atoms with E-state index in [2.05, 4.69) is 25.7 Å². The Labute approximate surface area is 152 Å². The van der Waals surface area contributed by atoms with Crippen LogP contribution in [0.1, 0.15) is 27.2 Å². The van der Waals surface area contributed by atoms with Crippen molar-refractivity contribution < 1.29 is 22.7 Å². The molecule has 0 aliphatic heterocycles. The van der Waals surface area contributed by atoms with E-state index in [4.69, 9.17) is 0 Å². The number of hydrogen-bond donors (Lipinski definition) is 3. The standard InChI is InChI=1S/C13H25F3N4O2.HI/c1-12(2,3)20-10(21)8-19-11(17-4)18-6-5-7-22-9-13(14,15)16;/h5-9H2,1-4H3,(H,20,21)(H2,17,18,19);1H. The summed E-state index contributed by atoms with van der Waals surface area (Å²) in [5.74, 6) is 0.226. The Bertz CT molecular complexity index is 371. The first kappa shape index (κ1) is 24.5. The van der Waals surface area contributed by atoms with Crippen molar-refractivity contribution in [2.45, 2.75) is 38.9 Å². The van der Waals surface area contributed by atoms with E-state index in [1.54, 1.807) is 0 Å². The average molecular weight is 454 g/mol. The minimum atomic E-state index is -4.30. The van der Waals surface area contributed by atoms with Crippen LogP contribution in [0.25, 0.3) is 0 Å². The van der Waals surface area contributed by atoms with Crippen LogP contribution in [0.2, 0.25) is 0 Å². The van der Waals surface area contributed by atoms with Crippen molar-refractivity contribution >= 4 is 35.8 Å². The third-order valence-electron chi connectivity index (χ3n) is 2.18. The Morgan fingerprint density at radius 1 is 1.17 bits per heavy atom. The van der Waals surface area contributed by atoms with Gasteiger partial charge in [0.2, 0.25) is 5.91 Å². The van der Waals surface area contributed by atoms with Crippen LogP contribution in [-0.4, -0.2) is 56.9 Å². The zero-order valence-corrected chi connectivity index (χ0v) is 16.2. The third kappa shape index (κ3) is 17.4. The molecule has 0 saturated carbocycles. The molecule has 0 radical (unpaired) electrons. The van der Waals surface area contributed by atoms with Crippen LogP contribution in [0.15, 0.2) is 4.99 Å². The lowest BCUT2D eigenvalue weighted by Gasteiger charge is -2.21. The molecule has 0 bridgehead atoms. The highest BCUT2D eigenvalue weighted by atomic mass is 127. The average Bonchev–Trinajstić information content (AvgIpc) is 2.33. The number of amides is 1. The summed E-state index contributed by atoms with van der Waals surface area (Å²) in [6.07, 6.45) is -3.91. The molecule has 0 unspecified atom stereocenters. The van der Waals surface area contributed by atoms with Gasteiger partial charge in [0.15, 0.2) is 5.96 Å². The molecule has 0 aromatic heterocycles. The molecular weight excluding hydrogens is 428 g/mol. The molecule has 138 valence electrons. The number of halogens is 4. The Morgan fingerprint density at radius 3 is 2.26 bits per heavy atom. The van der Waals surface area contributed by atoms with Gasteiger partial charge in [-0.1, -0.05) is 0 Å². The first-order chi connectivity index (χ1) is 10.0. The molecule has 0 heterocycles. The number of rotatable bonds is 7. The maximum absolute atomic E-state index is 11.8. The molecule has 0 aromatic carbocycles. The topological polar surface area (TPSA) is 74.8 Å². The second kappa shape index (κ2) is 11.7. The molecule has 0 aliphatic rings. The number of guanidine groups is 1. The Kier molecular flexibility index (Phi) is 12.5. The number of ether oxygens (including phenoxy) is 1. The van der Waals surface area contributed by atoms with Gasteiger partial charge < -0.3 is 20.7 Å². The van der Waals surface area contributed by atoms with Crippen molar-refractivity contribution in [3.8, 4) is 0 Å². The maximum Gasteiger partial charge on any atom is 0.411 e. The molecule has 0 aliphatic carbocycles. The summed E-state index contributed by atoms with van der Waals surface area (Å²) in [4.78, 5) is 15.5. The van der Waals surface area contributed by atoms with Crippen molar-refractivity contribution in [2.24, 2.45) is 4.99 Å². The molecule has 23 heavy (non-hydrogen) atoms. The minimum Gasteiger partial charge on any atom is -0.372 e. The van der Waals surface area contributed by atoms with Crippen LogP contribution in [0.4, 0.5) is 13.2 Å². The zero-order valence-electron chi connectivity index (χ0n) is 13.8. The number of nitrogens with one attached hydrogen (secondary N) is 3. The largest absolute Gasteiger partial charge is 0.411 e. The van der Waals surface area contributed by atoms with E-state index in [1.165, 1.54) is 7.05 Å². The molecule has 6 nitrogen and oxygen atoms in total. The Morgan fingerprint density at radius 2 is 1.78 bits per heavy atom. The van der Waals surface area contributed by atoms with Gasteiger partial charge in [-0.25, -0.2) is 0 Å². The summed E-state index contributed by atoms with van der Waals surface area (Å²) in [6.45, 7) is 4.82. The molecular formula is C13H26F3IN4O2. The van der Waals surface area contributed by atoms with Crippen molar-refractivity contribution in [3.05, 3.63) is 0 Å². The first-order valence-electron chi connectivity index (χ1n) is 6.93. The summed E-state index contributed by atoms with van der Waals surface area (Å²) in [5, 5.41) is 8.48. The number of nitrogens with zero attached hydrogens (tertiary/aromatic N) is 1. The van der Waals surface area contributed by atoms with Crippen molar-refractivity contribution in [3.63, 3.8) is 0 Å². The molecule has 0 rings (SSSR count). The molecule has 10 heteroatoms. The number of alkyl halides is 3. The van der Waals surface area contributed by atoms with Crippen molar-refractivity contribution in [1.29, 1.82) is 0 Å². The fraction of sp³-hybridized carbons (Fsp3) is 0.846. The second-order valence-corrected chi connectivity index (χ2v) is 5.67. The molecule has 0 spiro atoms. The van der Waals surface area contributed by atoms with E-state index in [1.807, 2.05) is 20.8 Å². The lowest BCUT2D eigenvalue weighted by Crippen LogP contribution is -2.48. The zero-order chi connectivity index (χ0) is 17.2. The van der Waals surface area contributed by atoms with Gasteiger partial charge in [0, 0.05) is 25.7 Å². The van der Waals surface area contributed by atoms with Gasteiger partial charge in [0.25, 0.3) is 0 Å². The van der Waals surface area contributed by atoms with E-state index in [0.717, 1.165) is 0 Å². The lowest BCUT2D eigenvalue weighted by molar-refractivity contribution is -0.173. The van der Waals surface area contributed by atoms with Crippen LogP contribution >= 0.6 is 24.0 Å². The smallest absolute Gasteiger partial charge is 0.372 e. The fourth-order valence-corrected chi connectivity index (χ4v) is 1.42. The predicted molar refractivity (Wildman–Crippen MR) is 94.2 cm³/mol. The number of carbonyl (C=O) groups is 1. The third-order valence-corrected chi connectivity index (χ3v) is 2.18. The van der Waals surface area contributed by atoms with Gasteiger partial charge >= 0.3 is 6.18 Å². The molecule has 0 aromatic rings. The van der Waals surface area contributed by atoms with E-state index < -0.39 is 12.8 Å². The second-order valence-electron chi connectivity index (χ2n) is 5.67. The van der Waals surface area contributed by atoms with E-state index in [9.17, 15) is 18.0 Å². The summed E-state index contributed by atoms with van der Waals surface area (Å²) in [6, 6.07) is 0. The van der Waals surface area contributed by atoms with Crippen molar-refractivity contribution in [1.82, 2.24) is 16.0 Å². The van der Waals surface area contributed by atoms with E-state index in [-0.39, 0.29) is 48.6 Å². The van der Waals surface area contributed by atoms with Crippen LogP contribution in [0.3, 0.4) is 0 Å². The normalized spacial score (nSPS) is 12.4. The van der Waals surface area contributed by atoms with Crippen molar-refractivity contribution in [2.75, 3.05) is 33.4 Å². The van der Waals surface area contributed by atoms with Gasteiger partial charge in [-0.15, -0.1) is 24.0 Å². The minimum absolute atomic E-state index is 0. The first-order valence-corrected chi connectivity index (χ1v) is 6.93. The van der Waals surface area contributed by atoms with Crippen LogP contribution in [-0.2, 0) is 9.53 Å². The lowest BCUT2D eigenvalue weighted by atomic mass is 10.1. The number of hydrogen-bond acceptors (Lipinski definition) is 3. The van der Waals surface area contributed by atoms with Crippen LogP contribution < -0.4 is 16.0 Å². The van der Waals surface area contributed by atoms with Gasteiger partial charge in [-0.05, 0) is 27.2 Å². The fourth-order valence-electron chi connectivity index (χ4n) is 1.42. The molecule has 0 saturated heterocycles. The Hall–Kier alpha value is -0.780. The summed E-state index contributed by atoms with van der Waals surface area (Å²) in [5.41, 5.74) is -0.314. The summed E-state index contributed by atoms with van der Waals surface area (Å²) >= 11 is 0. The highest BCUT2D eigenvalue weighted by molar-refractivity contribution is 14.0. The van der Waals surface area contributed by atoms with Gasteiger partial charge in [0.1, 0.15) is 6.61 Å². The quantitative estimate of drug-likeness (QED) is 0.237. The summed E-state index contributed by atoms with van der Waals surface area (Å²) in [7, 11) is 1.54. The highest BCUT2D eigenvalue weighted by Gasteiger charge is 2.27. The Balaban J connectivity index is 0. The van der Waals surface area contributed by atoms with Crippen LogP contribution in [0, 0.1) is 0 Å². The predicted octanol–water partition coefficient (Wildman–Crippen LogP) is 1.65. The van der Waals surface area contributed by atoms with Gasteiger partial charge in [-0.2, -0.15) is 13.2 Å². The number of carbonyl (C=O) groups excluding carboxylic acids is 1. The number of aliphatic imine (C=N–C) groups is 1. The van der Waals surface area contributed by atoms with E-state index in [0.29, 0.717) is 18.9 Å². The SMILES string of the molecule is CN=C(NCCCOCC(F)(F)F)NCC(=O)NC(C)(C)C.I. The monoisotopic (exact) mass is 454 g/mol. The van der Waals surface area contributed by atoms with E-state index >= 15 is 0 Å². The molecule has 0 fully saturated rings. The highest BCUT2D eigenvalue weighted by Crippen LogP contribution is 2.14. The molecule has 1 amide bonds. The van der Waals surface area contributed by atoms with Gasteiger partial charge in [-0.3, -0.25) is 9.79 Å². The maximum atomic E-state index is 11.8. The summed E-state index contributed by atoms with van der Waals surface area (Å²) < 4.78 is 40.0.